The second-order valence-corrected chi connectivity index (χ2v) is 9.13. The molecule has 2 heterocycles. The van der Waals surface area contributed by atoms with Gasteiger partial charge in [-0.15, -0.1) is 11.3 Å². The van der Waals surface area contributed by atoms with Gasteiger partial charge in [0.25, 0.3) is 5.91 Å². The molecule has 0 radical (unpaired) electrons. The van der Waals surface area contributed by atoms with Crippen LogP contribution in [0.2, 0.25) is 5.02 Å². The van der Waals surface area contributed by atoms with Crippen LogP contribution < -0.4 is 5.32 Å². The summed E-state index contributed by atoms with van der Waals surface area (Å²) < 4.78 is 11.7. The third-order valence-electron chi connectivity index (χ3n) is 5.26. The number of ether oxygens (including phenoxy) is 2. The molecule has 2 aromatic carbocycles. The lowest BCUT2D eigenvalue weighted by Crippen LogP contribution is -2.44. The maximum atomic E-state index is 12.7. The zero-order valence-corrected chi connectivity index (χ0v) is 20.6. The molecule has 0 fully saturated rings. The van der Waals surface area contributed by atoms with Crippen molar-refractivity contribution in [1.29, 1.82) is 0 Å². The van der Waals surface area contributed by atoms with E-state index in [2.05, 4.69) is 10.4 Å². The van der Waals surface area contributed by atoms with Gasteiger partial charge in [-0.1, -0.05) is 54.1 Å². The highest BCUT2D eigenvalue weighted by Crippen LogP contribution is 2.32. The molecule has 1 amide bonds. The van der Waals surface area contributed by atoms with Crippen molar-refractivity contribution in [1.82, 2.24) is 15.1 Å². The number of aromatic nitrogens is 2. The number of hydrogen-bond acceptors (Lipinski definition) is 7. The van der Waals surface area contributed by atoms with Gasteiger partial charge in [0, 0.05) is 11.8 Å². The van der Waals surface area contributed by atoms with Crippen molar-refractivity contribution in [3.8, 4) is 5.69 Å². The largest absolute Gasteiger partial charge is 0.467 e. The van der Waals surface area contributed by atoms with E-state index in [1.54, 1.807) is 16.8 Å². The number of methoxy groups -OCH3 is 1. The molecular formula is C25H22ClN3O5S. The average molecular weight is 512 g/mol. The number of carbonyl (C=O) groups is 3. The number of halogens is 1. The molecule has 4 rings (SSSR count). The number of benzene rings is 2. The summed E-state index contributed by atoms with van der Waals surface area (Å²) in [5.41, 5.74) is 2.28. The zero-order chi connectivity index (χ0) is 24.9. The number of thiophene rings is 1. The van der Waals surface area contributed by atoms with Crippen molar-refractivity contribution >= 4 is 51.0 Å². The van der Waals surface area contributed by atoms with E-state index < -0.39 is 30.5 Å². The monoisotopic (exact) mass is 511 g/mol. The van der Waals surface area contributed by atoms with Crippen LogP contribution in [0.4, 0.5) is 0 Å². The topological polar surface area (TPSA) is 99.5 Å². The van der Waals surface area contributed by atoms with Crippen LogP contribution in [0.3, 0.4) is 0 Å². The van der Waals surface area contributed by atoms with Gasteiger partial charge in [0.2, 0.25) is 0 Å². The molecular weight excluding hydrogens is 490 g/mol. The molecule has 2 aromatic heterocycles. The number of fused-ring (bicyclic) bond motifs is 1. The van der Waals surface area contributed by atoms with E-state index in [1.165, 1.54) is 18.4 Å². The van der Waals surface area contributed by atoms with Crippen LogP contribution in [0.5, 0.6) is 0 Å². The molecule has 0 saturated heterocycles. The van der Waals surface area contributed by atoms with Crippen LogP contribution in [0.1, 0.15) is 20.9 Å². The van der Waals surface area contributed by atoms with Gasteiger partial charge < -0.3 is 14.8 Å². The second-order valence-electron chi connectivity index (χ2n) is 7.69. The summed E-state index contributed by atoms with van der Waals surface area (Å²) in [6, 6.07) is 17.3. The summed E-state index contributed by atoms with van der Waals surface area (Å²) in [5, 5.41) is 8.43. The van der Waals surface area contributed by atoms with Crippen LogP contribution in [-0.2, 0) is 25.5 Å². The molecule has 8 nitrogen and oxygen atoms in total. The molecule has 0 aliphatic carbocycles. The maximum absolute atomic E-state index is 12.7. The summed E-state index contributed by atoms with van der Waals surface area (Å²) >= 11 is 7.52. The number of carbonyl (C=O) groups excluding carboxylic acids is 3. The fourth-order valence-electron chi connectivity index (χ4n) is 3.56. The SMILES string of the molecule is COC(=O)[C@H](Cc1ccccc1)NC(=O)COC(=O)c1cc2c(C)nn(-c3ccccc3Cl)c2s1. The first-order chi connectivity index (χ1) is 16.9. The van der Waals surface area contributed by atoms with Crippen LogP contribution in [0.15, 0.2) is 60.7 Å². The number of esters is 2. The number of para-hydroxylation sites is 1. The van der Waals surface area contributed by atoms with Crippen LogP contribution in [0.25, 0.3) is 15.9 Å². The smallest absolute Gasteiger partial charge is 0.348 e. The number of amides is 1. The number of nitrogens with zero attached hydrogens (tertiary/aromatic N) is 2. The highest BCUT2D eigenvalue weighted by Gasteiger charge is 2.24. The molecule has 0 aliphatic heterocycles. The van der Waals surface area contributed by atoms with Gasteiger partial charge in [-0.3, -0.25) is 4.79 Å². The minimum Gasteiger partial charge on any atom is -0.467 e. The molecule has 4 aromatic rings. The van der Waals surface area contributed by atoms with Gasteiger partial charge in [0.1, 0.15) is 15.7 Å². The number of aryl methyl sites for hydroxylation is 1. The van der Waals surface area contributed by atoms with Crippen LogP contribution >= 0.6 is 22.9 Å². The molecule has 1 atom stereocenters. The Kier molecular flexibility index (Phi) is 7.48. The predicted molar refractivity (Wildman–Crippen MR) is 133 cm³/mol. The van der Waals surface area contributed by atoms with E-state index in [9.17, 15) is 14.4 Å². The Balaban J connectivity index is 1.43. The van der Waals surface area contributed by atoms with Gasteiger partial charge >= 0.3 is 11.9 Å². The minimum absolute atomic E-state index is 0.251. The van der Waals surface area contributed by atoms with E-state index >= 15 is 0 Å². The number of nitrogens with one attached hydrogen (secondary N) is 1. The lowest BCUT2D eigenvalue weighted by atomic mass is 10.1. The van der Waals surface area contributed by atoms with Gasteiger partial charge in [0.15, 0.2) is 6.61 Å². The Hall–Kier alpha value is -3.69. The number of hydrogen-bond donors (Lipinski definition) is 1. The highest BCUT2D eigenvalue weighted by molar-refractivity contribution is 7.20. The Morgan fingerprint density at radius 2 is 1.83 bits per heavy atom. The van der Waals surface area contributed by atoms with Crippen molar-refractivity contribution in [3.05, 3.63) is 81.8 Å². The summed E-state index contributed by atoms with van der Waals surface area (Å²) in [6.45, 7) is 1.30. The Morgan fingerprint density at radius 3 is 2.54 bits per heavy atom. The molecule has 0 unspecified atom stereocenters. The lowest BCUT2D eigenvalue weighted by molar-refractivity contribution is -0.145. The summed E-state index contributed by atoms with van der Waals surface area (Å²) in [6.07, 6.45) is 0.251. The van der Waals surface area contributed by atoms with E-state index in [1.807, 2.05) is 55.5 Å². The van der Waals surface area contributed by atoms with Crippen molar-refractivity contribution in [3.63, 3.8) is 0 Å². The van der Waals surface area contributed by atoms with E-state index in [4.69, 9.17) is 21.1 Å². The third kappa shape index (κ3) is 5.52. The van der Waals surface area contributed by atoms with Crippen LogP contribution in [0, 0.1) is 6.92 Å². The van der Waals surface area contributed by atoms with E-state index in [0.29, 0.717) is 15.6 Å². The van der Waals surface area contributed by atoms with Gasteiger partial charge in [-0.2, -0.15) is 5.10 Å². The lowest BCUT2D eigenvalue weighted by Gasteiger charge is -2.16. The minimum atomic E-state index is -0.901. The first-order valence-corrected chi connectivity index (χ1v) is 11.9. The van der Waals surface area contributed by atoms with Crippen molar-refractivity contribution in [2.75, 3.05) is 13.7 Å². The normalized spacial score (nSPS) is 11.7. The van der Waals surface area contributed by atoms with Crippen LogP contribution in [-0.4, -0.2) is 47.4 Å². The van der Waals surface area contributed by atoms with Crippen molar-refractivity contribution < 1.29 is 23.9 Å². The fourth-order valence-corrected chi connectivity index (χ4v) is 4.84. The summed E-state index contributed by atoms with van der Waals surface area (Å²) in [4.78, 5) is 38.3. The van der Waals surface area contributed by atoms with E-state index in [0.717, 1.165) is 21.5 Å². The molecule has 0 saturated carbocycles. The highest BCUT2D eigenvalue weighted by atomic mass is 35.5. The predicted octanol–water partition coefficient (Wildman–Crippen LogP) is 4.11. The van der Waals surface area contributed by atoms with Crippen molar-refractivity contribution in [2.45, 2.75) is 19.4 Å². The fraction of sp³-hybridized carbons (Fsp3) is 0.200. The first kappa shape index (κ1) is 24.4. The maximum Gasteiger partial charge on any atom is 0.348 e. The quantitative estimate of drug-likeness (QED) is 0.357. The van der Waals surface area contributed by atoms with Gasteiger partial charge in [-0.05, 0) is 30.7 Å². The average Bonchev–Trinajstić information content (AvgIpc) is 3.43. The molecule has 10 heteroatoms. The van der Waals surface area contributed by atoms with Crippen molar-refractivity contribution in [2.24, 2.45) is 0 Å². The van der Waals surface area contributed by atoms with Gasteiger partial charge in [0.05, 0.1) is 23.5 Å². The molecule has 0 aliphatic rings. The molecule has 180 valence electrons. The zero-order valence-electron chi connectivity index (χ0n) is 19.0. The van der Waals surface area contributed by atoms with Gasteiger partial charge in [-0.25, -0.2) is 14.3 Å². The Labute approximate surface area is 210 Å². The Bertz CT molecular complexity index is 1380. The van der Waals surface area contributed by atoms with E-state index in [-0.39, 0.29) is 6.42 Å². The second kappa shape index (κ2) is 10.7. The molecule has 0 spiro atoms. The molecule has 35 heavy (non-hydrogen) atoms. The molecule has 1 N–H and O–H groups in total. The standard InChI is InChI=1S/C25H22ClN3O5S/c1-15-17-13-21(35-23(17)29(28-15)20-11-7-6-10-18(20)26)25(32)34-14-22(30)27-19(24(31)33-2)12-16-8-4-3-5-9-16/h3-11,13,19H,12,14H2,1-2H3,(H,27,30)/t19-/m0/s1. The first-order valence-electron chi connectivity index (χ1n) is 10.7. The molecule has 0 bridgehead atoms. The summed E-state index contributed by atoms with van der Waals surface area (Å²) in [5.74, 6) is -1.84. The summed E-state index contributed by atoms with van der Waals surface area (Å²) in [7, 11) is 1.25. The Morgan fingerprint density at radius 1 is 1.11 bits per heavy atom. The number of rotatable bonds is 8. The third-order valence-corrected chi connectivity index (χ3v) is 6.67.